The van der Waals surface area contributed by atoms with E-state index in [-0.39, 0.29) is 29.0 Å². The molecule has 0 saturated carbocycles. The summed E-state index contributed by atoms with van der Waals surface area (Å²) in [6.45, 7) is 5.40. The Bertz CT molecular complexity index is 699. The third kappa shape index (κ3) is 2.43. The molecular formula is C19H22O5. The average molecular weight is 330 g/mol. The lowest BCUT2D eigenvalue weighted by Gasteiger charge is -2.37. The number of rotatable bonds is 0. The first-order valence-corrected chi connectivity index (χ1v) is 8.38. The molecule has 0 amide bonds. The molecule has 24 heavy (non-hydrogen) atoms. The molecular weight excluding hydrogens is 308 g/mol. The number of hydrogen-bond acceptors (Lipinski definition) is 5. The first-order chi connectivity index (χ1) is 11.3. The number of ketones is 2. The highest BCUT2D eigenvalue weighted by molar-refractivity contribution is 6.20. The van der Waals surface area contributed by atoms with E-state index in [1.54, 1.807) is 19.9 Å². The van der Waals surface area contributed by atoms with E-state index >= 15 is 0 Å². The van der Waals surface area contributed by atoms with Gasteiger partial charge in [-0.1, -0.05) is 39.0 Å². The molecule has 0 aromatic heterocycles. The monoisotopic (exact) mass is 330 g/mol. The van der Waals surface area contributed by atoms with Crippen LogP contribution in [0.2, 0.25) is 0 Å². The minimum Gasteiger partial charge on any atom is -0.507 e. The van der Waals surface area contributed by atoms with Crippen LogP contribution in [0.25, 0.3) is 0 Å². The number of allylic oxidation sites excluding steroid dienone is 2. The van der Waals surface area contributed by atoms with Crippen LogP contribution in [0, 0.1) is 23.7 Å². The number of aliphatic hydroxyl groups excluding tert-OH is 1. The topological polar surface area (TPSA) is 80.7 Å². The Balaban J connectivity index is 2.18. The maximum absolute atomic E-state index is 12.7. The smallest absolute Gasteiger partial charge is 0.346 e. The molecule has 0 unspecified atom stereocenters. The van der Waals surface area contributed by atoms with Gasteiger partial charge in [0.05, 0.1) is 0 Å². The van der Waals surface area contributed by atoms with Gasteiger partial charge in [0.2, 0.25) is 0 Å². The minimum absolute atomic E-state index is 0.0644. The predicted octanol–water partition coefficient (Wildman–Crippen LogP) is 2.68. The van der Waals surface area contributed by atoms with E-state index in [0.717, 1.165) is 0 Å². The molecule has 0 aromatic rings. The van der Waals surface area contributed by atoms with Gasteiger partial charge in [0, 0.05) is 24.2 Å². The molecule has 0 saturated heterocycles. The number of ether oxygens (including phenoxy) is 1. The molecule has 5 atom stereocenters. The van der Waals surface area contributed by atoms with Crippen molar-refractivity contribution in [1.29, 1.82) is 0 Å². The van der Waals surface area contributed by atoms with Crippen LogP contribution >= 0.6 is 0 Å². The van der Waals surface area contributed by atoms with Crippen LogP contribution < -0.4 is 0 Å². The highest BCUT2D eigenvalue weighted by Crippen LogP contribution is 2.47. The molecule has 0 radical (unpaired) electrons. The molecule has 128 valence electrons. The molecule has 0 aromatic carbocycles. The fraction of sp³-hybridized carbons (Fsp3) is 0.526. The maximum Gasteiger partial charge on any atom is 0.346 e. The molecule has 5 heteroatoms. The summed E-state index contributed by atoms with van der Waals surface area (Å²) in [5, 5.41) is 10.8. The van der Waals surface area contributed by atoms with Gasteiger partial charge in [0.1, 0.15) is 5.57 Å². The predicted molar refractivity (Wildman–Crippen MR) is 87.0 cm³/mol. The van der Waals surface area contributed by atoms with Crippen molar-refractivity contribution >= 4 is 17.5 Å². The zero-order valence-corrected chi connectivity index (χ0v) is 14.1. The summed E-state index contributed by atoms with van der Waals surface area (Å²) in [7, 11) is 0. The van der Waals surface area contributed by atoms with Gasteiger partial charge in [-0.2, -0.15) is 0 Å². The van der Waals surface area contributed by atoms with Crippen LogP contribution in [0.1, 0.15) is 33.6 Å². The summed E-state index contributed by atoms with van der Waals surface area (Å²) in [5.74, 6) is -2.80. The van der Waals surface area contributed by atoms with Crippen LogP contribution in [-0.2, 0) is 19.1 Å². The Morgan fingerprint density at radius 3 is 2.50 bits per heavy atom. The summed E-state index contributed by atoms with van der Waals surface area (Å²) >= 11 is 0. The Morgan fingerprint density at radius 1 is 1.08 bits per heavy atom. The van der Waals surface area contributed by atoms with Crippen LogP contribution in [0.4, 0.5) is 0 Å². The van der Waals surface area contributed by atoms with E-state index < -0.39 is 29.2 Å². The zero-order chi connectivity index (χ0) is 17.6. The largest absolute Gasteiger partial charge is 0.507 e. The van der Waals surface area contributed by atoms with Gasteiger partial charge in [-0.3, -0.25) is 9.59 Å². The fourth-order valence-electron chi connectivity index (χ4n) is 3.88. The lowest BCUT2D eigenvalue weighted by molar-refractivity contribution is -0.152. The number of aliphatic hydroxyl groups is 1. The van der Waals surface area contributed by atoms with E-state index in [2.05, 4.69) is 0 Å². The zero-order valence-electron chi connectivity index (χ0n) is 14.1. The summed E-state index contributed by atoms with van der Waals surface area (Å²) in [5.41, 5.74) is -1.52. The number of Topliss-reactive ketones (excluding diaryl/α,β-unsaturated/α-hetero) is 1. The van der Waals surface area contributed by atoms with E-state index in [4.69, 9.17) is 4.74 Å². The second kappa shape index (κ2) is 5.72. The molecule has 1 aliphatic heterocycles. The Morgan fingerprint density at radius 2 is 1.79 bits per heavy atom. The van der Waals surface area contributed by atoms with E-state index in [1.165, 1.54) is 6.08 Å². The third-order valence-corrected chi connectivity index (χ3v) is 5.28. The molecule has 1 spiro atoms. The van der Waals surface area contributed by atoms with Crippen molar-refractivity contribution in [3.63, 3.8) is 0 Å². The second-order valence-corrected chi connectivity index (χ2v) is 7.26. The van der Waals surface area contributed by atoms with Crippen molar-refractivity contribution < 1.29 is 24.2 Å². The van der Waals surface area contributed by atoms with Crippen LogP contribution in [0.3, 0.4) is 0 Å². The van der Waals surface area contributed by atoms with Crippen molar-refractivity contribution in [1.82, 2.24) is 0 Å². The normalized spacial score (nSPS) is 40.9. The summed E-state index contributed by atoms with van der Waals surface area (Å²) < 4.78 is 5.55. The number of carbonyl (C=O) groups excluding carboxylic acids is 3. The lowest BCUT2D eigenvalue weighted by atomic mass is 9.74. The van der Waals surface area contributed by atoms with Crippen molar-refractivity contribution in [2.24, 2.45) is 23.7 Å². The quantitative estimate of drug-likeness (QED) is 0.419. The number of carbonyl (C=O) groups is 3. The summed E-state index contributed by atoms with van der Waals surface area (Å²) in [6.07, 6.45) is 7.67. The van der Waals surface area contributed by atoms with Gasteiger partial charge in [-0.25, -0.2) is 4.79 Å². The SMILES string of the molecule is C[C@@H]1C[C@H](C)C(=O)/C=C/[C@@H]2C=C[C@H](C)C[C@@]23OC(=O)C(=C3O)C1=O. The van der Waals surface area contributed by atoms with Gasteiger partial charge in [0.25, 0.3) is 0 Å². The molecule has 3 rings (SSSR count). The van der Waals surface area contributed by atoms with Crippen LogP contribution in [-0.4, -0.2) is 28.2 Å². The standard InChI is InChI=1S/C19H22O5/c1-10-4-5-13-6-7-14(20)11(2)8-12(3)16(21)15-17(22)19(13,9-10)24-18(15)23/h4-7,10-13,22H,8-9H2,1-3H3/b7-6+/t10-,11-,12+,13-,19+/m0/s1. The summed E-state index contributed by atoms with van der Waals surface area (Å²) in [6, 6.07) is 0. The van der Waals surface area contributed by atoms with Gasteiger partial charge in [0.15, 0.2) is 22.9 Å². The third-order valence-electron chi connectivity index (χ3n) is 5.28. The Kier molecular flexibility index (Phi) is 3.98. The average Bonchev–Trinajstić information content (AvgIpc) is 2.75. The lowest BCUT2D eigenvalue weighted by Crippen LogP contribution is -2.42. The van der Waals surface area contributed by atoms with Crippen LogP contribution in [0.5, 0.6) is 0 Å². The fourth-order valence-corrected chi connectivity index (χ4v) is 3.88. The van der Waals surface area contributed by atoms with E-state index in [9.17, 15) is 19.5 Å². The first-order valence-electron chi connectivity index (χ1n) is 8.38. The Hall–Kier alpha value is -2.17. The minimum atomic E-state index is -1.28. The van der Waals surface area contributed by atoms with Crippen molar-refractivity contribution in [3.05, 3.63) is 35.6 Å². The number of esters is 1. The van der Waals surface area contributed by atoms with Crippen molar-refractivity contribution in [2.75, 3.05) is 0 Å². The molecule has 3 aliphatic rings. The molecule has 5 nitrogen and oxygen atoms in total. The van der Waals surface area contributed by atoms with Crippen molar-refractivity contribution in [2.45, 2.75) is 39.2 Å². The van der Waals surface area contributed by atoms with Crippen LogP contribution in [0.15, 0.2) is 35.6 Å². The first kappa shape index (κ1) is 16.7. The van der Waals surface area contributed by atoms with Gasteiger partial charge < -0.3 is 9.84 Å². The van der Waals surface area contributed by atoms with E-state index in [1.807, 2.05) is 19.1 Å². The van der Waals surface area contributed by atoms with E-state index in [0.29, 0.717) is 12.8 Å². The molecule has 0 fully saturated rings. The highest BCUT2D eigenvalue weighted by atomic mass is 16.6. The highest BCUT2D eigenvalue weighted by Gasteiger charge is 2.55. The van der Waals surface area contributed by atoms with Gasteiger partial charge >= 0.3 is 5.97 Å². The summed E-state index contributed by atoms with van der Waals surface area (Å²) in [4.78, 5) is 37.3. The molecule has 1 heterocycles. The maximum atomic E-state index is 12.7. The van der Waals surface area contributed by atoms with Gasteiger partial charge in [-0.05, 0) is 18.4 Å². The molecule has 2 aliphatic carbocycles. The second-order valence-electron chi connectivity index (χ2n) is 7.26. The molecule has 1 N–H and O–H groups in total. The molecule has 2 bridgehead atoms. The van der Waals surface area contributed by atoms with Gasteiger partial charge in [-0.15, -0.1) is 0 Å². The Labute approximate surface area is 141 Å². The number of hydrogen-bond donors (Lipinski definition) is 1. The van der Waals surface area contributed by atoms with Crippen molar-refractivity contribution in [3.8, 4) is 0 Å².